The lowest BCUT2D eigenvalue weighted by Crippen LogP contribution is -2.08. The average Bonchev–Trinajstić information content (AvgIpc) is 1.86. The number of halogens is 1. The van der Waals surface area contributed by atoms with Crippen LogP contribution in [0.4, 0.5) is 4.39 Å². The lowest BCUT2D eigenvalue weighted by molar-refractivity contribution is 0.594. The van der Waals surface area contributed by atoms with Gasteiger partial charge in [0.2, 0.25) is 0 Å². The fraction of sp³-hybridized carbons (Fsp3) is 0.250. The van der Waals surface area contributed by atoms with Crippen LogP contribution < -0.4 is 0 Å². The third-order valence-electron chi connectivity index (χ3n) is 1.43. The molecule has 0 spiro atoms. The molecule has 0 atom stereocenters. The quantitative estimate of drug-likeness (QED) is 0.638. The fourth-order valence-electron chi connectivity index (χ4n) is 0.888. The molecule has 1 aromatic carbocycles. The first-order valence-electron chi connectivity index (χ1n) is 3.32. The molecular formula is C8H11FOS. The van der Waals surface area contributed by atoms with Gasteiger partial charge in [-0.3, -0.25) is 4.21 Å². The predicted molar refractivity (Wildman–Crippen MR) is 46.1 cm³/mol. The molecule has 0 unspecified atom stereocenters. The Morgan fingerprint density at radius 2 is 1.82 bits per heavy atom. The molecule has 0 aromatic heterocycles. The molecule has 0 N–H and O–H groups in total. The van der Waals surface area contributed by atoms with Crippen molar-refractivity contribution in [2.24, 2.45) is 0 Å². The molecule has 0 aliphatic rings. The van der Waals surface area contributed by atoms with Gasteiger partial charge < -0.3 is 0 Å². The van der Waals surface area contributed by atoms with Crippen molar-refractivity contribution >= 4 is 9.93 Å². The van der Waals surface area contributed by atoms with Gasteiger partial charge in [0, 0.05) is 4.90 Å². The molecular weight excluding hydrogens is 163 g/mol. The van der Waals surface area contributed by atoms with Crippen LogP contribution >= 0.6 is 0 Å². The average molecular weight is 174 g/mol. The van der Waals surface area contributed by atoms with Gasteiger partial charge >= 0.3 is 0 Å². The Labute approximate surface area is 66.7 Å². The van der Waals surface area contributed by atoms with Crippen LogP contribution in [0.3, 0.4) is 0 Å². The van der Waals surface area contributed by atoms with E-state index in [0.717, 1.165) is 0 Å². The van der Waals surface area contributed by atoms with Crippen LogP contribution in [0.15, 0.2) is 29.2 Å². The molecule has 0 saturated heterocycles. The van der Waals surface area contributed by atoms with Crippen molar-refractivity contribution in [3.8, 4) is 0 Å². The Balaban J connectivity index is 3.25. The van der Waals surface area contributed by atoms with E-state index in [-0.39, 0.29) is 5.82 Å². The summed E-state index contributed by atoms with van der Waals surface area (Å²) >= 11 is 0. The minimum absolute atomic E-state index is 0.333. The zero-order chi connectivity index (χ0) is 8.48. The van der Waals surface area contributed by atoms with Gasteiger partial charge in [-0.15, -0.1) is 0 Å². The zero-order valence-electron chi connectivity index (χ0n) is 6.54. The van der Waals surface area contributed by atoms with E-state index in [1.54, 1.807) is 30.7 Å². The maximum atomic E-state index is 12.9. The van der Waals surface area contributed by atoms with Gasteiger partial charge in [0.25, 0.3) is 0 Å². The summed E-state index contributed by atoms with van der Waals surface area (Å²) in [6.07, 6.45) is 3.12. The van der Waals surface area contributed by atoms with Crippen molar-refractivity contribution < 1.29 is 8.60 Å². The van der Waals surface area contributed by atoms with E-state index in [0.29, 0.717) is 4.90 Å². The molecule has 0 fully saturated rings. The topological polar surface area (TPSA) is 17.1 Å². The summed E-state index contributed by atoms with van der Waals surface area (Å²) in [4.78, 5) is 0.333. The number of hydrogen-bond acceptors (Lipinski definition) is 1. The molecule has 11 heavy (non-hydrogen) atoms. The molecule has 0 aliphatic heterocycles. The monoisotopic (exact) mass is 174 g/mol. The maximum Gasteiger partial charge on any atom is 0.137 e. The Hall–Kier alpha value is -0.700. The minimum Gasteiger partial charge on any atom is -0.281 e. The second kappa shape index (κ2) is 2.74. The first kappa shape index (κ1) is 8.40. The van der Waals surface area contributed by atoms with Crippen molar-refractivity contribution in [3.05, 3.63) is 30.1 Å². The summed E-state index contributed by atoms with van der Waals surface area (Å²) in [6.45, 7) is 0. The normalized spacial score (nSPS) is 13.0. The molecule has 1 aromatic rings. The maximum absolute atomic E-state index is 12.9. The molecule has 0 amide bonds. The Morgan fingerprint density at radius 3 is 2.18 bits per heavy atom. The highest BCUT2D eigenvalue weighted by molar-refractivity contribution is 8.01. The molecule has 0 radical (unpaired) electrons. The van der Waals surface area contributed by atoms with Gasteiger partial charge in [-0.1, -0.05) is 22.1 Å². The van der Waals surface area contributed by atoms with E-state index in [4.69, 9.17) is 0 Å². The second-order valence-corrected chi connectivity index (χ2v) is 5.99. The number of thiol groups is 1. The lowest BCUT2D eigenvalue weighted by Gasteiger charge is -2.12. The van der Waals surface area contributed by atoms with Crippen molar-refractivity contribution in [2.45, 2.75) is 4.90 Å². The summed E-state index contributed by atoms with van der Waals surface area (Å²) < 4.78 is 24.3. The highest BCUT2D eigenvalue weighted by Crippen LogP contribution is 2.16. The lowest BCUT2D eigenvalue weighted by atomic mass is 10.3. The minimum atomic E-state index is -2.43. The zero-order valence-corrected chi connectivity index (χ0v) is 7.44. The van der Waals surface area contributed by atoms with Crippen molar-refractivity contribution in [3.63, 3.8) is 0 Å². The Kier molecular flexibility index (Phi) is 2.09. The van der Waals surface area contributed by atoms with Crippen molar-refractivity contribution in [1.29, 1.82) is 0 Å². The Morgan fingerprint density at radius 1 is 1.27 bits per heavy atom. The standard InChI is InChI=1S/C8H11FOS/c1-11(2,10)8-6-4-3-5-7(8)9/h3-6,11H,1-2H3. The molecule has 0 saturated carbocycles. The van der Waals surface area contributed by atoms with Crippen molar-refractivity contribution in [2.75, 3.05) is 12.5 Å². The van der Waals surface area contributed by atoms with Gasteiger partial charge in [-0.25, -0.2) is 4.39 Å². The molecule has 0 bridgehead atoms. The number of benzene rings is 1. The van der Waals surface area contributed by atoms with E-state index in [9.17, 15) is 8.60 Å². The Bertz CT molecular complexity index is 303. The molecule has 62 valence electrons. The van der Waals surface area contributed by atoms with E-state index in [2.05, 4.69) is 0 Å². The summed E-state index contributed by atoms with van der Waals surface area (Å²) in [7, 11) is -2.43. The summed E-state index contributed by atoms with van der Waals surface area (Å²) in [6, 6.07) is 6.18. The SMILES string of the molecule is C[SH](C)(=O)c1ccccc1F. The van der Waals surface area contributed by atoms with E-state index >= 15 is 0 Å². The summed E-state index contributed by atoms with van der Waals surface area (Å²) in [5.41, 5.74) is 0. The second-order valence-electron chi connectivity index (χ2n) is 2.80. The summed E-state index contributed by atoms with van der Waals surface area (Å²) in [5.74, 6) is -0.374. The first-order valence-corrected chi connectivity index (χ1v) is 5.92. The smallest absolute Gasteiger partial charge is 0.137 e. The van der Waals surface area contributed by atoms with Crippen LogP contribution in [0.25, 0.3) is 0 Å². The van der Waals surface area contributed by atoms with Gasteiger partial charge in [-0.2, -0.15) is 0 Å². The van der Waals surface area contributed by atoms with Crippen LogP contribution in [0.2, 0.25) is 0 Å². The van der Waals surface area contributed by atoms with Crippen LogP contribution in [0, 0.1) is 5.82 Å². The first-order chi connectivity index (χ1) is 5.02. The fourth-order valence-corrected chi connectivity index (χ4v) is 1.92. The van der Waals surface area contributed by atoms with Crippen LogP contribution in [0.1, 0.15) is 0 Å². The number of hydrogen-bond donors (Lipinski definition) is 1. The van der Waals surface area contributed by atoms with Gasteiger partial charge in [0.1, 0.15) is 5.82 Å². The molecule has 3 heteroatoms. The van der Waals surface area contributed by atoms with Crippen molar-refractivity contribution in [1.82, 2.24) is 0 Å². The molecule has 0 heterocycles. The predicted octanol–water partition coefficient (Wildman–Crippen LogP) is 1.46. The van der Waals surface area contributed by atoms with Gasteiger partial charge in [0.05, 0.1) is 0 Å². The van der Waals surface area contributed by atoms with Gasteiger partial charge in [-0.05, 0) is 24.6 Å². The number of rotatable bonds is 1. The summed E-state index contributed by atoms with van der Waals surface area (Å²) in [5, 5.41) is 0. The molecule has 0 aliphatic carbocycles. The molecule has 1 rings (SSSR count). The highest BCUT2D eigenvalue weighted by atomic mass is 32.2. The van der Waals surface area contributed by atoms with E-state index < -0.39 is 9.93 Å². The van der Waals surface area contributed by atoms with Crippen LogP contribution in [-0.2, 0) is 9.93 Å². The van der Waals surface area contributed by atoms with E-state index in [1.165, 1.54) is 6.07 Å². The largest absolute Gasteiger partial charge is 0.281 e. The third kappa shape index (κ3) is 1.87. The van der Waals surface area contributed by atoms with E-state index in [1.807, 2.05) is 0 Å². The highest BCUT2D eigenvalue weighted by Gasteiger charge is 2.09. The van der Waals surface area contributed by atoms with Gasteiger partial charge in [0.15, 0.2) is 0 Å². The van der Waals surface area contributed by atoms with Crippen LogP contribution in [-0.4, -0.2) is 16.7 Å². The third-order valence-corrected chi connectivity index (χ3v) is 2.96. The van der Waals surface area contributed by atoms with Crippen LogP contribution in [0.5, 0.6) is 0 Å². The molecule has 1 nitrogen and oxygen atoms in total.